The number of nitrogens with two attached hydrogens (primary N) is 1. The fourth-order valence-electron chi connectivity index (χ4n) is 4.30. The smallest absolute Gasteiger partial charge is 0.293 e. The van der Waals surface area contributed by atoms with E-state index in [0.717, 1.165) is 62.6 Å². The summed E-state index contributed by atoms with van der Waals surface area (Å²) in [5.74, 6) is 0.385. The van der Waals surface area contributed by atoms with E-state index in [-0.39, 0.29) is 12.1 Å². The summed E-state index contributed by atoms with van der Waals surface area (Å²) < 4.78 is 0. The molecule has 1 aromatic carbocycles. The van der Waals surface area contributed by atoms with Crippen LogP contribution in [0.2, 0.25) is 0 Å². The van der Waals surface area contributed by atoms with E-state index in [4.69, 9.17) is 12.3 Å². The number of pyridine rings is 1. The molecule has 7 heteroatoms. The van der Waals surface area contributed by atoms with E-state index in [1.165, 1.54) is 5.69 Å². The van der Waals surface area contributed by atoms with Crippen LogP contribution in [0, 0.1) is 6.57 Å². The Morgan fingerprint density at radius 1 is 1.10 bits per heavy atom. The molecular formula is C23H31N7. The summed E-state index contributed by atoms with van der Waals surface area (Å²) in [7, 11) is 2.17. The molecule has 0 spiro atoms. The minimum Gasteiger partial charge on any atom is -0.369 e. The number of nitrogens with one attached hydrogen (secondary N) is 1. The fraction of sp³-hybridized carbons (Fsp3) is 0.478. The van der Waals surface area contributed by atoms with Crippen molar-refractivity contribution in [3.8, 4) is 0 Å². The minimum absolute atomic E-state index is 0.165. The topological polar surface area (TPSA) is 65.0 Å². The third kappa shape index (κ3) is 4.35. The van der Waals surface area contributed by atoms with E-state index in [1.54, 1.807) is 6.20 Å². The highest BCUT2D eigenvalue weighted by Gasteiger charge is 2.26. The molecular weight excluding hydrogens is 374 g/mol. The lowest BCUT2D eigenvalue weighted by molar-refractivity contribution is 0.313. The molecule has 2 aliphatic heterocycles. The summed E-state index contributed by atoms with van der Waals surface area (Å²) in [5, 5.41) is 3.41. The lowest BCUT2D eigenvalue weighted by atomic mass is 9.98. The molecule has 30 heavy (non-hydrogen) atoms. The predicted octanol–water partition coefficient (Wildman–Crippen LogP) is 3.44. The first-order chi connectivity index (χ1) is 14.5. The van der Waals surface area contributed by atoms with Crippen LogP contribution >= 0.6 is 0 Å². The van der Waals surface area contributed by atoms with Crippen LogP contribution in [0.4, 0.5) is 28.6 Å². The average molecular weight is 406 g/mol. The lowest BCUT2D eigenvalue weighted by Gasteiger charge is -2.39. The lowest BCUT2D eigenvalue weighted by Crippen LogP contribution is -2.50. The number of hydrogen-bond acceptors (Lipinski definition) is 6. The van der Waals surface area contributed by atoms with Crippen molar-refractivity contribution in [2.45, 2.75) is 31.8 Å². The Kier molecular flexibility index (Phi) is 6.07. The zero-order valence-corrected chi connectivity index (χ0v) is 17.9. The van der Waals surface area contributed by atoms with Gasteiger partial charge in [-0.05, 0) is 57.1 Å². The average Bonchev–Trinajstić information content (AvgIpc) is 2.77. The first kappa shape index (κ1) is 20.5. The highest BCUT2D eigenvalue weighted by molar-refractivity contribution is 5.76. The zero-order chi connectivity index (χ0) is 21.1. The molecule has 0 saturated carbocycles. The third-order valence-electron chi connectivity index (χ3n) is 6.35. The van der Waals surface area contributed by atoms with Crippen molar-refractivity contribution in [3.63, 3.8) is 0 Å². The second-order valence-electron chi connectivity index (χ2n) is 8.38. The second-order valence-corrected chi connectivity index (χ2v) is 8.38. The van der Waals surface area contributed by atoms with Gasteiger partial charge in [-0.25, -0.2) is 0 Å². The van der Waals surface area contributed by atoms with Crippen molar-refractivity contribution >= 4 is 28.6 Å². The van der Waals surface area contributed by atoms with Gasteiger partial charge < -0.3 is 30.6 Å². The molecule has 2 aliphatic rings. The van der Waals surface area contributed by atoms with Crippen LogP contribution in [0.1, 0.15) is 19.8 Å². The molecule has 0 amide bonds. The molecule has 0 unspecified atom stereocenters. The van der Waals surface area contributed by atoms with Gasteiger partial charge in [0.05, 0.1) is 11.4 Å². The van der Waals surface area contributed by atoms with Gasteiger partial charge in [-0.15, -0.1) is 4.98 Å². The Morgan fingerprint density at radius 3 is 2.53 bits per heavy atom. The summed E-state index contributed by atoms with van der Waals surface area (Å²) in [6, 6.07) is 10.9. The molecule has 3 N–H and O–H groups in total. The maximum atomic E-state index is 7.50. The zero-order valence-electron chi connectivity index (χ0n) is 17.9. The first-order valence-corrected chi connectivity index (χ1v) is 10.8. The number of benzene rings is 1. The van der Waals surface area contributed by atoms with Gasteiger partial charge in [0, 0.05) is 56.2 Å². The van der Waals surface area contributed by atoms with Crippen LogP contribution in [0.5, 0.6) is 0 Å². The number of anilines is 4. The number of piperidine rings is 1. The molecule has 158 valence electrons. The van der Waals surface area contributed by atoms with E-state index in [1.807, 2.05) is 6.07 Å². The molecule has 0 aliphatic carbocycles. The molecule has 4 rings (SSSR count). The van der Waals surface area contributed by atoms with Crippen LogP contribution in [-0.2, 0) is 0 Å². The monoisotopic (exact) mass is 405 g/mol. The van der Waals surface area contributed by atoms with Gasteiger partial charge in [-0.2, -0.15) is 0 Å². The van der Waals surface area contributed by atoms with Gasteiger partial charge in [0.25, 0.3) is 5.82 Å². The predicted molar refractivity (Wildman–Crippen MR) is 124 cm³/mol. The van der Waals surface area contributed by atoms with Gasteiger partial charge in [-0.3, -0.25) is 0 Å². The van der Waals surface area contributed by atoms with E-state index < -0.39 is 0 Å². The standard InChI is InChI=1S/C23H31N7/c1-17-21(24)5-4-10-30(17)20-15-22(23(25-2)26-16-20)27-18-6-8-19(9-7-18)29-13-11-28(3)12-14-29/h6-9,15-17,21,27H,4-5,10-14,24H2,1,3H3/t17-,21-/m1/s1. The summed E-state index contributed by atoms with van der Waals surface area (Å²) in [6.07, 6.45) is 3.92. The Hall–Kier alpha value is -2.82. The molecule has 7 nitrogen and oxygen atoms in total. The van der Waals surface area contributed by atoms with Crippen molar-refractivity contribution in [3.05, 3.63) is 47.9 Å². The quantitative estimate of drug-likeness (QED) is 0.760. The highest BCUT2D eigenvalue weighted by Crippen LogP contribution is 2.33. The highest BCUT2D eigenvalue weighted by atomic mass is 15.2. The number of piperazine rings is 1. The summed E-state index contributed by atoms with van der Waals surface area (Å²) in [6.45, 7) is 14.9. The van der Waals surface area contributed by atoms with Crippen molar-refractivity contribution in [2.75, 3.05) is 54.9 Å². The Balaban J connectivity index is 1.51. The van der Waals surface area contributed by atoms with Crippen LogP contribution < -0.4 is 20.9 Å². The van der Waals surface area contributed by atoms with Crippen molar-refractivity contribution < 1.29 is 0 Å². The molecule has 3 heterocycles. The maximum absolute atomic E-state index is 7.50. The van der Waals surface area contributed by atoms with Crippen molar-refractivity contribution in [2.24, 2.45) is 5.73 Å². The van der Waals surface area contributed by atoms with Gasteiger partial charge in [0.2, 0.25) is 0 Å². The molecule has 0 bridgehead atoms. The Bertz CT molecular complexity index is 897. The number of nitrogens with zero attached hydrogens (tertiary/aromatic N) is 5. The number of rotatable bonds is 4. The molecule has 1 aromatic heterocycles. The minimum atomic E-state index is 0.165. The third-order valence-corrected chi connectivity index (χ3v) is 6.35. The van der Waals surface area contributed by atoms with Crippen LogP contribution in [0.15, 0.2) is 36.5 Å². The number of likely N-dealkylation sites (N-methyl/N-ethyl adjacent to an activating group) is 1. The van der Waals surface area contributed by atoms with E-state index in [0.29, 0.717) is 5.82 Å². The van der Waals surface area contributed by atoms with E-state index >= 15 is 0 Å². The first-order valence-electron chi connectivity index (χ1n) is 10.8. The van der Waals surface area contributed by atoms with E-state index in [2.05, 4.69) is 68.1 Å². The van der Waals surface area contributed by atoms with Gasteiger partial charge >= 0.3 is 0 Å². The summed E-state index contributed by atoms with van der Waals surface area (Å²) in [4.78, 5) is 15.1. The molecule has 2 saturated heterocycles. The Morgan fingerprint density at radius 2 is 1.83 bits per heavy atom. The molecule has 0 radical (unpaired) electrons. The van der Waals surface area contributed by atoms with Gasteiger partial charge in [0.15, 0.2) is 0 Å². The van der Waals surface area contributed by atoms with Crippen LogP contribution in [0.3, 0.4) is 0 Å². The van der Waals surface area contributed by atoms with E-state index in [9.17, 15) is 0 Å². The second kappa shape index (κ2) is 8.90. The maximum Gasteiger partial charge on any atom is 0.293 e. The molecule has 2 atom stereocenters. The summed E-state index contributed by atoms with van der Waals surface area (Å²) in [5.41, 5.74) is 10.2. The van der Waals surface area contributed by atoms with Gasteiger partial charge in [0.1, 0.15) is 6.20 Å². The van der Waals surface area contributed by atoms with Crippen LogP contribution in [0.25, 0.3) is 4.85 Å². The normalized spacial score (nSPS) is 22.6. The van der Waals surface area contributed by atoms with Crippen molar-refractivity contribution in [1.82, 2.24) is 9.88 Å². The van der Waals surface area contributed by atoms with Crippen LogP contribution in [-0.4, -0.2) is 61.7 Å². The number of aromatic nitrogens is 1. The molecule has 2 fully saturated rings. The van der Waals surface area contributed by atoms with Gasteiger partial charge in [-0.1, -0.05) is 6.57 Å². The largest absolute Gasteiger partial charge is 0.369 e. The fourth-order valence-corrected chi connectivity index (χ4v) is 4.30. The summed E-state index contributed by atoms with van der Waals surface area (Å²) >= 11 is 0. The molecule has 2 aromatic rings. The Labute approximate surface area is 179 Å². The van der Waals surface area contributed by atoms with Crippen molar-refractivity contribution in [1.29, 1.82) is 0 Å². The number of hydrogen-bond donors (Lipinski definition) is 2. The SMILES string of the molecule is [C-]#[N+]c1ncc(N2CCC[C@@H](N)[C@H]2C)cc1Nc1ccc(N2CCN(C)CC2)cc1.